The molecule has 0 saturated carbocycles. The third-order valence-corrected chi connectivity index (χ3v) is 9.67. The van der Waals surface area contributed by atoms with Crippen LogP contribution >= 0.6 is 0 Å². The number of likely N-dealkylation sites (N-methyl/N-ethyl adjacent to an activating group) is 1. The van der Waals surface area contributed by atoms with Crippen molar-refractivity contribution in [2.75, 3.05) is 38.3 Å². The molecule has 1 aromatic heterocycles. The maximum Gasteiger partial charge on any atom is 0.326 e. The van der Waals surface area contributed by atoms with Crippen LogP contribution in [0.3, 0.4) is 0 Å². The lowest BCUT2D eigenvalue weighted by atomic mass is 10.1. The molecule has 0 radical (unpaired) electrons. The molecule has 62 heavy (non-hydrogen) atoms. The van der Waals surface area contributed by atoms with Gasteiger partial charge in [0, 0.05) is 67.7 Å². The van der Waals surface area contributed by atoms with E-state index >= 15 is 0 Å². The first-order valence-electron chi connectivity index (χ1n) is 20.3. The first kappa shape index (κ1) is 45.8. The number of nitrogens with zero attached hydrogens (tertiary/aromatic N) is 2. The Morgan fingerprint density at radius 2 is 1.10 bits per heavy atom. The van der Waals surface area contributed by atoms with Crippen molar-refractivity contribution in [3.8, 4) is 11.5 Å². The van der Waals surface area contributed by atoms with Crippen LogP contribution in [0.4, 0.5) is 5.82 Å². The van der Waals surface area contributed by atoms with Crippen LogP contribution in [0.5, 0.6) is 11.5 Å². The van der Waals surface area contributed by atoms with E-state index in [1.165, 1.54) is 12.2 Å². The van der Waals surface area contributed by atoms with Crippen molar-refractivity contribution >= 4 is 29.3 Å². The maximum atomic E-state index is 12.5. The zero-order chi connectivity index (χ0) is 44.3. The number of hydrogen-bond acceptors (Lipinski definition) is 11. The van der Waals surface area contributed by atoms with Crippen molar-refractivity contribution in [3.63, 3.8) is 0 Å². The number of ether oxygens (including phenoxy) is 2. The molecule has 5 aromatic rings. The lowest BCUT2D eigenvalue weighted by Crippen LogP contribution is -2.37. The predicted octanol–water partition coefficient (Wildman–Crippen LogP) is 6.51. The van der Waals surface area contributed by atoms with Crippen LogP contribution < -0.4 is 30.3 Å². The molecule has 0 spiro atoms. The van der Waals surface area contributed by atoms with Crippen molar-refractivity contribution in [1.82, 2.24) is 20.9 Å². The van der Waals surface area contributed by atoms with E-state index in [-0.39, 0.29) is 24.4 Å². The molecule has 2 unspecified atom stereocenters. The van der Waals surface area contributed by atoms with Gasteiger partial charge in [0.15, 0.2) is 11.6 Å². The van der Waals surface area contributed by atoms with Gasteiger partial charge >= 0.3 is 11.9 Å². The van der Waals surface area contributed by atoms with Crippen molar-refractivity contribution in [2.45, 2.75) is 45.3 Å². The SMILES string of the molecule is C/C(=C/C(=O)c1ccccc1)NC(Cc1ccc(OCCNCc2cccc(N(C)CCOc3ccc(CC(N/C(C)=C\C(=O)c4ccccc4)C(=O)O)cc3)n2)cc1)C(=O)O. The molecule has 13 heteroatoms. The van der Waals surface area contributed by atoms with Gasteiger partial charge in [-0.1, -0.05) is 91.0 Å². The van der Waals surface area contributed by atoms with Crippen LogP contribution in [0.2, 0.25) is 0 Å². The fourth-order valence-electron chi connectivity index (χ4n) is 6.36. The van der Waals surface area contributed by atoms with Gasteiger partial charge in [-0.3, -0.25) is 9.59 Å². The number of carbonyl (C=O) groups is 4. The van der Waals surface area contributed by atoms with Crippen LogP contribution in [-0.4, -0.2) is 84.1 Å². The van der Waals surface area contributed by atoms with Gasteiger partial charge < -0.3 is 40.5 Å². The average molecular weight is 840 g/mol. The van der Waals surface area contributed by atoms with Crippen LogP contribution in [-0.2, 0) is 29.0 Å². The van der Waals surface area contributed by atoms with Gasteiger partial charge in [0.05, 0.1) is 12.2 Å². The van der Waals surface area contributed by atoms with Gasteiger partial charge in [-0.25, -0.2) is 14.6 Å². The van der Waals surface area contributed by atoms with Gasteiger partial charge in [0.25, 0.3) is 0 Å². The van der Waals surface area contributed by atoms with E-state index in [9.17, 15) is 29.4 Å². The largest absolute Gasteiger partial charge is 0.492 e. The number of pyridine rings is 1. The van der Waals surface area contributed by atoms with Crippen LogP contribution in [0.1, 0.15) is 51.4 Å². The fourth-order valence-corrected chi connectivity index (χ4v) is 6.36. The number of hydrogen-bond donors (Lipinski definition) is 5. The van der Waals surface area contributed by atoms with Crippen LogP contribution in [0, 0.1) is 0 Å². The zero-order valence-corrected chi connectivity index (χ0v) is 35.1. The molecule has 5 rings (SSSR count). The second-order valence-electron chi connectivity index (χ2n) is 14.7. The summed E-state index contributed by atoms with van der Waals surface area (Å²) >= 11 is 0. The highest BCUT2D eigenvalue weighted by Gasteiger charge is 2.20. The molecule has 0 amide bonds. The Hall–Kier alpha value is -7.25. The number of carboxylic acids is 2. The Bertz CT molecular complexity index is 2300. The number of aliphatic carboxylic acids is 2. The smallest absolute Gasteiger partial charge is 0.326 e. The van der Waals surface area contributed by atoms with Crippen LogP contribution in [0.25, 0.3) is 0 Å². The summed E-state index contributed by atoms with van der Waals surface area (Å²) in [7, 11) is 1.94. The minimum absolute atomic E-state index is 0.199. The zero-order valence-electron chi connectivity index (χ0n) is 35.1. The summed E-state index contributed by atoms with van der Waals surface area (Å²) < 4.78 is 11.9. The topological polar surface area (TPSA) is 179 Å². The molecule has 0 saturated heterocycles. The lowest BCUT2D eigenvalue weighted by molar-refractivity contribution is -0.140. The van der Waals surface area contributed by atoms with Crippen molar-refractivity contribution in [1.29, 1.82) is 0 Å². The average Bonchev–Trinajstić information content (AvgIpc) is 3.27. The Morgan fingerprint density at radius 1 is 0.629 bits per heavy atom. The summed E-state index contributed by atoms with van der Waals surface area (Å²) in [6, 6.07) is 36.2. The van der Waals surface area contributed by atoms with E-state index in [0.29, 0.717) is 66.9 Å². The monoisotopic (exact) mass is 839 g/mol. The number of carbonyl (C=O) groups excluding carboxylic acids is 2. The second-order valence-corrected chi connectivity index (χ2v) is 14.7. The van der Waals surface area contributed by atoms with E-state index in [0.717, 1.165) is 22.6 Å². The highest BCUT2D eigenvalue weighted by atomic mass is 16.5. The first-order valence-corrected chi connectivity index (χ1v) is 20.3. The molecular weight excluding hydrogens is 787 g/mol. The number of anilines is 1. The quantitative estimate of drug-likeness (QED) is 0.0244. The molecule has 0 aliphatic carbocycles. The summed E-state index contributed by atoms with van der Waals surface area (Å²) in [5, 5.41) is 28.9. The molecule has 1 heterocycles. The Labute approximate surface area is 362 Å². The summed E-state index contributed by atoms with van der Waals surface area (Å²) in [5.41, 5.74) is 4.49. The molecule has 5 N–H and O–H groups in total. The minimum atomic E-state index is -1.02. The normalized spacial score (nSPS) is 12.4. The standard InChI is InChI=1S/C49H53N5O8/c1-34(29-45(55)38-11-6-4-7-12-38)51-43(48(57)58)31-36-17-21-41(22-18-36)61-27-25-50-33-40-15-10-16-47(53-40)54(3)26-28-62-42-23-19-37(20-24-42)32-44(49(59)60)52-35(2)30-46(56)39-13-8-5-9-14-39/h4-24,29-30,43-44,50-52H,25-28,31-33H2,1-3H3,(H,57,58)(H,59,60)/b34-29-,35-30-. The number of ketones is 2. The number of benzene rings is 4. The molecule has 0 fully saturated rings. The van der Waals surface area contributed by atoms with Gasteiger partial charge in [-0.05, 0) is 61.4 Å². The number of rotatable bonds is 25. The number of carboxylic acid groups (broad SMARTS) is 2. The number of aromatic nitrogens is 1. The number of allylic oxidation sites excluding steroid dienone is 4. The highest BCUT2D eigenvalue weighted by Crippen LogP contribution is 2.17. The fraction of sp³-hybridized carbons (Fsp3) is 0.245. The van der Waals surface area contributed by atoms with Crippen molar-refractivity contribution in [3.05, 3.63) is 179 Å². The van der Waals surface area contributed by atoms with Gasteiger partial charge in [0.1, 0.15) is 42.6 Å². The molecule has 0 aliphatic rings. The summed E-state index contributed by atoms with van der Waals surface area (Å²) in [6.07, 6.45) is 3.26. The molecule has 13 nitrogen and oxygen atoms in total. The van der Waals surface area contributed by atoms with Crippen molar-refractivity contribution in [2.24, 2.45) is 0 Å². The van der Waals surface area contributed by atoms with E-state index < -0.39 is 24.0 Å². The summed E-state index contributed by atoms with van der Waals surface area (Å²) in [4.78, 5) is 55.7. The molecule has 4 aromatic carbocycles. The molecule has 322 valence electrons. The van der Waals surface area contributed by atoms with E-state index in [4.69, 9.17) is 14.5 Å². The number of nitrogens with one attached hydrogen (secondary N) is 3. The van der Waals surface area contributed by atoms with Gasteiger partial charge in [0.2, 0.25) is 0 Å². The van der Waals surface area contributed by atoms with Crippen molar-refractivity contribution < 1.29 is 38.9 Å². The third-order valence-electron chi connectivity index (χ3n) is 9.67. The Balaban J connectivity index is 0.991. The molecule has 2 atom stereocenters. The lowest BCUT2D eigenvalue weighted by Gasteiger charge is -2.19. The second kappa shape index (κ2) is 23.5. The molecular formula is C49H53N5O8. The summed E-state index contributed by atoms with van der Waals surface area (Å²) in [5.74, 6) is -0.310. The first-order chi connectivity index (χ1) is 29.9. The van der Waals surface area contributed by atoms with Gasteiger partial charge in [-0.15, -0.1) is 0 Å². The van der Waals surface area contributed by atoms with Crippen LogP contribution in [0.15, 0.2) is 151 Å². The minimum Gasteiger partial charge on any atom is -0.492 e. The van der Waals surface area contributed by atoms with E-state index in [2.05, 4.69) is 16.0 Å². The Kier molecular flexibility index (Phi) is 17.4. The third kappa shape index (κ3) is 15.1. The van der Waals surface area contributed by atoms with E-state index in [1.807, 2.05) is 90.8 Å². The predicted molar refractivity (Wildman–Crippen MR) is 239 cm³/mol. The molecule has 0 aliphatic heterocycles. The van der Waals surface area contributed by atoms with Gasteiger partial charge in [-0.2, -0.15) is 0 Å². The molecule has 0 bridgehead atoms. The van der Waals surface area contributed by atoms with E-state index in [1.54, 1.807) is 62.4 Å². The maximum absolute atomic E-state index is 12.5. The highest BCUT2D eigenvalue weighted by molar-refractivity contribution is 6.05. The Morgan fingerprint density at radius 3 is 1.56 bits per heavy atom. The summed E-state index contributed by atoms with van der Waals surface area (Å²) in [6.45, 7) is 5.88.